The molecule has 0 N–H and O–H groups in total. The van der Waals surface area contributed by atoms with Crippen LogP contribution in [0.15, 0.2) is 22.7 Å². The van der Waals surface area contributed by atoms with Crippen LogP contribution >= 0.6 is 31.9 Å². The molecule has 1 aliphatic rings. The zero-order valence-electron chi connectivity index (χ0n) is 10.9. The van der Waals surface area contributed by atoms with E-state index in [9.17, 15) is 9.18 Å². The van der Waals surface area contributed by atoms with Gasteiger partial charge in [0.05, 0.1) is 18.3 Å². The zero-order chi connectivity index (χ0) is 14.5. The first-order valence-corrected chi connectivity index (χ1v) is 8.45. The largest absolute Gasteiger partial charge is 0.377 e. The highest BCUT2D eigenvalue weighted by Crippen LogP contribution is 2.22. The van der Waals surface area contributed by atoms with Crippen LogP contribution in [0, 0.1) is 5.82 Å². The van der Waals surface area contributed by atoms with Crippen LogP contribution in [0.4, 0.5) is 4.39 Å². The van der Waals surface area contributed by atoms with Crippen LogP contribution in [0.1, 0.15) is 23.2 Å². The molecule has 110 valence electrons. The van der Waals surface area contributed by atoms with Gasteiger partial charge < -0.3 is 9.64 Å². The van der Waals surface area contributed by atoms with Crippen LogP contribution in [0.5, 0.6) is 0 Å². The van der Waals surface area contributed by atoms with Gasteiger partial charge in [0.1, 0.15) is 5.82 Å². The lowest BCUT2D eigenvalue weighted by Crippen LogP contribution is -2.41. The Kier molecular flexibility index (Phi) is 5.99. The Balaban J connectivity index is 1.94. The van der Waals surface area contributed by atoms with Crippen LogP contribution in [-0.4, -0.2) is 41.9 Å². The SMILES string of the molecule is O=C(c1ccc(F)cc1Br)N1CCC(OCCBr)CC1. The van der Waals surface area contributed by atoms with Gasteiger partial charge in [-0.2, -0.15) is 0 Å². The average Bonchev–Trinajstić information content (AvgIpc) is 2.45. The highest BCUT2D eigenvalue weighted by atomic mass is 79.9. The second kappa shape index (κ2) is 7.52. The zero-order valence-corrected chi connectivity index (χ0v) is 14.1. The fourth-order valence-electron chi connectivity index (χ4n) is 2.27. The molecule has 3 nitrogen and oxygen atoms in total. The van der Waals surface area contributed by atoms with Gasteiger partial charge >= 0.3 is 0 Å². The number of hydrogen-bond donors (Lipinski definition) is 0. The fraction of sp³-hybridized carbons (Fsp3) is 0.500. The molecule has 0 aromatic heterocycles. The summed E-state index contributed by atoms with van der Waals surface area (Å²) in [6.07, 6.45) is 1.92. The van der Waals surface area contributed by atoms with Crippen molar-refractivity contribution in [1.82, 2.24) is 4.90 Å². The molecule has 0 unspecified atom stereocenters. The van der Waals surface area contributed by atoms with Crippen molar-refractivity contribution in [3.05, 3.63) is 34.1 Å². The Morgan fingerprint density at radius 1 is 1.40 bits per heavy atom. The van der Waals surface area contributed by atoms with Gasteiger partial charge in [0.25, 0.3) is 5.91 Å². The summed E-state index contributed by atoms with van der Waals surface area (Å²) in [6, 6.07) is 4.15. The number of ether oxygens (including phenoxy) is 1. The number of amides is 1. The number of benzene rings is 1. The van der Waals surface area contributed by atoms with Gasteiger partial charge in [-0.3, -0.25) is 4.79 Å². The molecule has 1 aromatic rings. The number of rotatable bonds is 4. The Morgan fingerprint density at radius 2 is 2.10 bits per heavy atom. The molecule has 0 aliphatic carbocycles. The van der Waals surface area contributed by atoms with E-state index >= 15 is 0 Å². The predicted octanol–water partition coefficient (Wildman–Crippen LogP) is 3.60. The minimum absolute atomic E-state index is 0.0594. The second-order valence-corrected chi connectivity index (χ2v) is 6.32. The summed E-state index contributed by atoms with van der Waals surface area (Å²) in [5, 5.41) is 0.828. The monoisotopic (exact) mass is 407 g/mol. The van der Waals surface area contributed by atoms with Crippen molar-refractivity contribution in [2.24, 2.45) is 0 Å². The van der Waals surface area contributed by atoms with Crippen molar-refractivity contribution in [2.45, 2.75) is 18.9 Å². The van der Waals surface area contributed by atoms with Gasteiger partial charge in [-0.05, 0) is 47.0 Å². The second-order valence-electron chi connectivity index (χ2n) is 4.68. The predicted molar refractivity (Wildman–Crippen MR) is 82.8 cm³/mol. The van der Waals surface area contributed by atoms with E-state index in [1.165, 1.54) is 18.2 Å². The van der Waals surface area contributed by atoms with E-state index in [2.05, 4.69) is 31.9 Å². The molecule has 1 saturated heterocycles. The molecule has 1 amide bonds. The number of piperidine rings is 1. The Labute approximate surface area is 134 Å². The number of hydrogen-bond acceptors (Lipinski definition) is 2. The van der Waals surface area contributed by atoms with Crippen molar-refractivity contribution >= 4 is 37.8 Å². The van der Waals surface area contributed by atoms with Gasteiger partial charge in [-0.25, -0.2) is 4.39 Å². The number of alkyl halides is 1. The first-order valence-electron chi connectivity index (χ1n) is 6.53. The van der Waals surface area contributed by atoms with Gasteiger partial charge in [0, 0.05) is 22.9 Å². The third-order valence-electron chi connectivity index (χ3n) is 3.32. The normalized spacial score (nSPS) is 16.4. The quantitative estimate of drug-likeness (QED) is 0.712. The molecule has 0 saturated carbocycles. The molecule has 6 heteroatoms. The standard InChI is InChI=1S/C14H16Br2FNO2/c15-5-8-20-11-3-6-18(7-4-11)14(19)12-2-1-10(17)9-13(12)16/h1-2,9,11H,3-8H2. The lowest BCUT2D eigenvalue weighted by Gasteiger charge is -2.32. The summed E-state index contributed by atoms with van der Waals surface area (Å²) in [5.41, 5.74) is 0.506. The lowest BCUT2D eigenvalue weighted by atomic mass is 10.1. The lowest BCUT2D eigenvalue weighted by molar-refractivity contribution is 0.0159. The first-order chi connectivity index (χ1) is 9.61. The summed E-state index contributed by atoms with van der Waals surface area (Å²) < 4.78 is 19.2. The number of nitrogens with zero attached hydrogens (tertiary/aromatic N) is 1. The topological polar surface area (TPSA) is 29.5 Å². The highest BCUT2D eigenvalue weighted by molar-refractivity contribution is 9.10. The summed E-state index contributed by atoms with van der Waals surface area (Å²) in [4.78, 5) is 14.2. The van der Waals surface area contributed by atoms with Crippen LogP contribution in [0.2, 0.25) is 0 Å². The van der Waals surface area contributed by atoms with Gasteiger partial charge in [-0.15, -0.1) is 0 Å². The Bertz CT molecular complexity index is 476. The molecule has 1 fully saturated rings. The fourth-order valence-corrected chi connectivity index (χ4v) is 2.98. The summed E-state index contributed by atoms with van der Waals surface area (Å²) in [7, 11) is 0. The number of halogens is 3. The average molecular weight is 409 g/mol. The van der Waals surface area contributed by atoms with Crippen LogP contribution in [0.25, 0.3) is 0 Å². The number of likely N-dealkylation sites (tertiary alicyclic amines) is 1. The van der Waals surface area contributed by atoms with E-state index in [1.54, 1.807) is 4.90 Å². The molecule has 2 rings (SSSR count). The van der Waals surface area contributed by atoms with Gasteiger partial charge in [0.2, 0.25) is 0 Å². The van der Waals surface area contributed by atoms with Crippen molar-refractivity contribution in [3.63, 3.8) is 0 Å². The van der Waals surface area contributed by atoms with Crippen LogP contribution < -0.4 is 0 Å². The third-order valence-corrected chi connectivity index (χ3v) is 4.30. The molecule has 0 bridgehead atoms. The maximum Gasteiger partial charge on any atom is 0.255 e. The molecule has 20 heavy (non-hydrogen) atoms. The summed E-state index contributed by atoms with van der Waals surface area (Å²) in [5.74, 6) is -0.411. The highest BCUT2D eigenvalue weighted by Gasteiger charge is 2.25. The van der Waals surface area contributed by atoms with Gasteiger partial charge in [0.15, 0.2) is 0 Å². The van der Waals surface area contributed by atoms with E-state index in [4.69, 9.17) is 4.74 Å². The molecule has 1 heterocycles. The van der Waals surface area contributed by atoms with Crippen LogP contribution in [0.3, 0.4) is 0 Å². The van der Waals surface area contributed by atoms with Crippen LogP contribution in [-0.2, 0) is 4.74 Å². The Morgan fingerprint density at radius 3 is 2.70 bits per heavy atom. The minimum Gasteiger partial charge on any atom is -0.377 e. The van der Waals surface area contributed by atoms with Crippen molar-refractivity contribution in [3.8, 4) is 0 Å². The number of carbonyl (C=O) groups is 1. The van der Waals surface area contributed by atoms with E-state index in [-0.39, 0.29) is 17.8 Å². The number of carbonyl (C=O) groups excluding carboxylic acids is 1. The Hall–Kier alpha value is -0.460. The van der Waals surface area contributed by atoms with E-state index in [1.807, 2.05) is 0 Å². The molecular formula is C14H16Br2FNO2. The minimum atomic E-state index is -0.352. The van der Waals surface area contributed by atoms with Gasteiger partial charge in [-0.1, -0.05) is 15.9 Å². The maximum atomic E-state index is 13.0. The van der Waals surface area contributed by atoms with E-state index in [0.717, 1.165) is 18.2 Å². The maximum absolute atomic E-state index is 13.0. The van der Waals surface area contributed by atoms with Crippen molar-refractivity contribution < 1.29 is 13.9 Å². The van der Waals surface area contributed by atoms with Crippen molar-refractivity contribution in [2.75, 3.05) is 25.0 Å². The van der Waals surface area contributed by atoms with E-state index in [0.29, 0.717) is 29.7 Å². The summed E-state index contributed by atoms with van der Waals surface area (Å²) in [6.45, 7) is 2.05. The first kappa shape index (κ1) is 15.9. The molecule has 1 aromatic carbocycles. The van der Waals surface area contributed by atoms with E-state index < -0.39 is 0 Å². The molecule has 1 aliphatic heterocycles. The van der Waals surface area contributed by atoms with Crippen molar-refractivity contribution in [1.29, 1.82) is 0 Å². The third kappa shape index (κ3) is 4.02. The summed E-state index contributed by atoms with van der Waals surface area (Å²) >= 11 is 6.57. The molecule has 0 atom stereocenters. The molecule has 0 spiro atoms. The smallest absolute Gasteiger partial charge is 0.255 e. The molecule has 0 radical (unpaired) electrons. The molecular weight excluding hydrogens is 393 g/mol.